The van der Waals surface area contributed by atoms with Crippen LogP contribution in [0.1, 0.15) is 17.7 Å². The van der Waals surface area contributed by atoms with Crippen LogP contribution in [0.25, 0.3) is 5.69 Å². The fourth-order valence-corrected chi connectivity index (χ4v) is 3.76. The summed E-state index contributed by atoms with van der Waals surface area (Å²) in [4.78, 5) is 20.0. The van der Waals surface area contributed by atoms with Gasteiger partial charge in [-0.1, -0.05) is 23.2 Å². The third kappa shape index (κ3) is 3.21. The summed E-state index contributed by atoms with van der Waals surface area (Å²) in [5.74, 6) is 0. The van der Waals surface area contributed by atoms with Crippen LogP contribution in [0, 0.1) is 6.92 Å². The average Bonchev–Trinajstić information content (AvgIpc) is 3.09. The molecule has 0 aliphatic carbocycles. The molecule has 2 amide bonds. The summed E-state index contributed by atoms with van der Waals surface area (Å²) in [6, 6.07) is 5.11. The number of thiazole rings is 1. The number of amides is 2. The number of likely N-dealkylation sites (tertiary alicyclic amines) is 1. The molecule has 0 saturated carbocycles. The zero-order valence-electron chi connectivity index (χ0n) is 12.1. The maximum absolute atomic E-state index is 12.2. The second-order valence-electron chi connectivity index (χ2n) is 5.18. The second-order valence-corrected chi connectivity index (χ2v) is 7.24. The molecule has 3 rings (SSSR count). The number of rotatable bonds is 1. The number of nitrogens with zero attached hydrogens (tertiary/aromatic N) is 3. The van der Waals surface area contributed by atoms with Crippen LogP contribution in [0.15, 0.2) is 29.4 Å². The van der Waals surface area contributed by atoms with Crippen molar-refractivity contribution in [1.82, 2.24) is 9.47 Å². The minimum absolute atomic E-state index is 0.182. The fourth-order valence-electron chi connectivity index (χ4n) is 2.44. The predicted molar refractivity (Wildman–Crippen MR) is 90.2 cm³/mol. The number of aryl methyl sites for hydroxylation is 1. The predicted octanol–water partition coefficient (Wildman–Crippen LogP) is 4.27. The zero-order valence-corrected chi connectivity index (χ0v) is 14.4. The first-order valence-electron chi connectivity index (χ1n) is 7.03. The van der Waals surface area contributed by atoms with Crippen LogP contribution >= 0.6 is 34.5 Å². The van der Waals surface area contributed by atoms with Crippen molar-refractivity contribution >= 4 is 40.6 Å². The summed E-state index contributed by atoms with van der Waals surface area (Å²) in [5.41, 5.74) is 0.767. The van der Waals surface area contributed by atoms with Gasteiger partial charge in [0.1, 0.15) is 0 Å². The quantitative estimate of drug-likeness (QED) is 0.752. The van der Waals surface area contributed by atoms with E-state index in [4.69, 9.17) is 23.2 Å². The number of carbonyl (C=O) groups excluding carboxylic acids is 1. The van der Waals surface area contributed by atoms with Gasteiger partial charge in [-0.2, -0.15) is 4.99 Å². The van der Waals surface area contributed by atoms with E-state index in [1.165, 1.54) is 11.3 Å². The molecule has 0 N–H and O–H groups in total. The van der Waals surface area contributed by atoms with E-state index in [1.807, 2.05) is 23.8 Å². The highest BCUT2D eigenvalue weighted by Gasteiger charge is 2.17. The molecule has 1 aliphatic rings. The number of hydrogen-bond donors (Lipinski definition) is 0. The van der Waals surface area contributed by atoms with E-state index in [-0.39, 0.29) is 6.03 Å². The van der Waals surface area contributed by atoms with Crippen molar-refractivity contribution < 1.29 is 4.79 Å². The zero-order chi connectivity index (χ0) is 15.7. The highest BCUT2D eigenvalue weighted by atomic mass is 35.5. The van der Waals surface area contributed by atoms with E-state index in [0.29, 0.717) is 14.8 Å². The largest absolute Gasteiger partial charge is 0.346 e. The Balaban J connectivity index is 2.04. The molecule has 7 heteroatoms. The van der Waals surface area contributed by atoms with E-state index in [0.717, 1.165) is 36.5 Å². The second kappa shape index (κ2) is 6.44. The van der Waals surface area contributed by atoms with Crippen molar-refractivity contribution in [3.05, 3.63) is 44.1 Å². The Morgan fingerprint density at radius 3 is 2.68 bits per heavy atom. The third-order valence-electron chi connectivity index (χ3n) is 3.51. The van der Waals surface area contributed by atoms with Gasteiger partial charge in [-0.05, 0) is 38.0 Å². The van der Waals surface area contributed by atoms with E-state index in [1.54, 1.807) is 17.0 Å². The summed E-state index contributed by atoms with van der Waals surface area (Å²) < 4.78 is 1.84. The number of halogens is 2. The van der Waals surface area contributed by atoms with E-state index in [9.17, 15) is 4.79 Å². The molecule has 116 valence electrons. The van der Waals surface area contributed by atoms with Crippen LogP contribution in [0.3, 0.4) is 0 Å². The topological polar surface area (TPSA) is 37.6 Å². The van der Waals surface area contributed by atoms with Gasteiger partial charge >= 0.3 is 6.03 Å². The molecule has 0 atom stereocenters. The van der Waals surface area contributed by atoms with Gasteiger partial charge in [0.05, 0.1) is 10.7 Å². The maximum Gasteiger partial charge on any atom is 0.346 e. The summed E-state index contributed by atoms with van der Waals surface area (Å²) in [5, 5.41) is 1.10. The van der Waals surface area contributed by atoms with E-state index < -0.39 is 0 Å². The molecule has 0 radical (unpaired) electrons. The highest BCUT2D eigenvalue weighted by molar-refractivity contribution is 7.09. The minimum Gasteiger partial charge on any atom is -0.323 e. The Morgan fingerprint density at radius 1 is 1.27 bits per heavy atom. The van der Waals surface area contributed by atoms with Gasteiger partial charge in [-0.25, -0.2) is 4.79 Å². The van der Waals surface area contributed by atoms with E-state index >= 15 is 0 Å². The van der Waals surface area contributed by atoms with Crippen molar-refractivity contribution in [2.45, 2.75) is 19.8 Å². The van der Waals surface area contributed by atoms with Gasteiger partial charge in [-0.3, -0.25) is 4.57 Å². The fraction of sp³-hybridized carbons (Fsp3) is 0.333. The number of aromatic nitrogens is 1. The van der Waals surface area contributed by atoms with Crippen LogP contribution in [-0.2, 0) is 0 Å². The maximum atomic E-state index is 12.2. The molecule has 0 bridgehead atoms. The molecule has 1 fully saturated rings. The lowest BCUT2D eigenvalue weighted by atomic mass is 10.3. The van der Waals surface area contributed by atoms with Crippen molar-refractivity contribution in [3.8, 4) is 5.69 Å². The number of carbonyl (C=O) groups is 1. The van der Waals surface area contributed by atoms with Gasteiger partial charge in [0.15, 0.2) is 4.80 Å². The molecule has 2 heterocycles. The third-order valence-corrected chi connectivity index (χ3v) is 4.94. The average molecular weight is 356 g/mol. The molecule has 0 unspecified atom stereocenters. The van der Waals surface area contributed by atoms with Gasteiger partial charge < -0.3 is 4.90 Å². The van der Waals surface area contributed by atoms with E-state index in [2.05, 4.69) is 4.99 Å². The Hall–Kier alpha value is -1.30. The first-order valence-corrected chi connectivity index (χ1v) is 8.60. The molecule has 1 aromatic carbocycles. The molecule has 2 aromatic rings. The van der Waals surface area contributed by atoms with Crippen LogP contribution in [-0.4, -0.2) is 28.6 Å². The van der Waals surface area contributed by atoms with Crippen molar-refractivity contribution in [3.63, 3.8) is 0 Å². The number of urea groups is 1. The molecule has 1 aromatic heterocycles. The van der Waals surface area contributed by atoms with Crippen LogP contribution in [0.4, 0.5) is 4.79 Å². The van der Waals surface area contributed by atoms with Crippen molar-refractivity contribution in [1.29, 1.82) is 0 Å². The lowest BCUT2D eigenvalue weighted by Crippen LogP contribution is -2.27. The van der Waals surface area contributed by atoms with Gasteiger partial charge in [0.25, 0.3) is 0 Å². The standard InChI is InChI=1S/C15H15Cl2N3OS/c1-10-9-20(13-5-4-11(16)8-12(13)17)15(22-10)18-14(21)19-6-2-3-7-19/h4-5,8-9H,2-3,6-7H2,1H3. The van der Waals surface area contributed by atoms with Gasteiger partial charge in [0.2, 0.25) is 0 Å². The molecular formula is C15H15Cl2N3OS. The Bertz CT molecular complexity index is 775. The molecule has 4 nitrogen and oxygen atoms in total. The molecular weight excluding hydrogens is 341 g/mol. The number of benzene rings is 1. The summed E-state index contributed by atoms with van der Waals surface area (Å²) >= 11 is 13.7. The van der Waals surface area contributed by atoms with Gasteiger partial charge in [-0.15, -0.1) is 11.3 Å². The number of hydrogen-bond acceptors (Lipinski definition) is 2. The van der Waals surface area contributed by atoms with Crippen molar-refractivity contribution in [2.24, 2.45) is 4.99 Å². The van der Waals surface area contributed by atoms with Crippen LogP contribution in [0.2, 0.25) is 10.0 Å². The Kier molecular flexibility index (Phi) is 4.57. The first kappa shape index (κ1) is 15.6. The normalized spacial score (nSPS) is 15.6. The summed E-state index contributed by atoms with van der Waals surface area (Å²) in [6.07, 6.45) is 4.03. The molecule has 1 aliphatic heterocycles. The highest BCUT2D eigenvalue weighted by Crippen LogP contribution is 2.24. The van der Waals surface area contributed by atoms with Crippen LogP contribution < -0.4 is 4.80 Å². The SMILES string of the molecule is Cc1cn(-c2ccc(Cl)cc2Cl)c(=NC(=O)N2CCCC2)s1. The Labute approximate surface area is 142 Å². The monoisotopic (exact) mass is 355 g/mol. The van der Waals surface area contributed by atoms with Gasteiger partial charge in [0, 0.05) is 29.2 Å². The lowest BCUT2D eigenvalue weighted by molar-refractivity contribution is 0.218. The first-order chi connectivity index (χ1) is 10.5. The van der Waals surface area contributed by atoms with Crippen molar-refractivity contribution in [2.75, 3.05) is 13.1 Å². The lowest BCUT2D eigenvalue weighted by Gasteiger charge is -2.11. The summed E-state index contributed by atoms with van der Waals surface area (Å²) in [7, 11) is 0. The Morgan fingerprint density at radius 2 is 2.00 bits per heavy atom. The smallest absolute Gasteiger partial charge is 0.323 e. The molecule has 22 heavy (non-hydrogen) atoms. The minimum atomic E-state index is -0.182. The van der Waals surface area contributed by atoms with Crippen LogP contribution in [0.5, 0.6) is 0 Å². The molecule has 0 spiro atoms. The summed E-state index contributed by atoms with van der Waals surface area (Å²) in [6.45, 7) is 3.55. The molecule has 1 saturated heterocycles.